The Morgan fingerprint density at radius 1 is 1.16 bits per heavy atom. The number of allylic oxidation sites excluding steroid dienone is 7. The van der Waals surface area contributed by atoms with Crippen LogP contribution in [-0.4, -0.2) is 61.5 Å². The Balaban J connectivity index is 1.77. The molecule has 1 amide bonds. The first kappa shape index (κ1) is 19.7. The fourth-order valence-electron chi connectivity index (χ4n) is 3.31. The van der Waals surface area contributed by atoms with Crippen molar-refractivity contribution in [2.45, 2.75) is 26.2 Å². The number of likely N-dealkylation sites (tertiary alicyclic amines) is 1. The number of carbonyl (C=O) groups excluding carboxylic acids is 1. The maximum atomic E-state index is 12.5. The van der Waals surface area contributed by atoms with Crippen molar-refractivity contribution in [1.29, 1.82) is 0 Å². The lowest BCUT2D eigenvalue weighted by Crippen LogP contribution is -2.49. The van der Waals surface area contributed by atoms with Crippen LogP contribution in [0.25, 0.3) is 0 Å². The molecular formula is C21H33N3O. The molecule has 0 bridgehead atoms. The van der Waals surface area contributed by atoms with E-state index in [0.717, 1.165) is 58.5 Å². The summed E-state index contributed by atoms with van der Waals surface area (Å²) in [5, 5.41) is 3.33. The third kappa shape index (κ3) is 7.00. The second-order valence-corrected chi connectivity index (χ2v) is 6.82. The number of hydrogen-bond donors (Lipinski definition) is 1. The number of carbonyl (C=O) groups is 1. The number of amides is 1. The van der Waals surface area contributed by atoms with Gasteiger partial charge in [-0.3, -0.25) is 9.69 Å². The highest BCUT2D eigenvalue weighted by atomic mass is 16.2. The van der Waals surface area contributed by atoms with Crippen LogP contribution in [0.15, 0.2) is 48.6 Å². The van der Waals surface area contributed by atoms with E-state index in [1.807, 2.05) is 17.1 Å². The number of nitrogens with zero attached hydrogens (tertiary/aromatic N) is 2. The lowest BCUT2D eigenvalue weighted by atomic mass is 9.95. The van der Waals surface area contributed by atoms with Crippen LogP contribution < -0.4 is 5.32 Å². The van der Waals surface area contributed by atoms with Gasteiger partial charge in [0, 0.05) is 39.3 Å². The Morgan fingerprint density at radius 2 is 1.88 bits per heavy atom. The van der Waals surface area contributed by atoms with Gasteiger partial charge >= 0.3 is 0 Å². The monoisotopic (exact) mass is 343 g/mol. The molecule has 4 nitrogen and oxygen atoms in total. The predicted octanol–water partition coefficient (Wildman–Crippen LogP) is 2.77. The van der Waals surface area contributed by atoms with Crippen LogP contribution in [0.5, 0.6) is 0 Å². The SMILES string of the molecule is C=C/C=C(\C=C/CC)/C=C/C1CCN(C(=O)CN2CCNCC2)CC1. The number of hydrogen-bond acceptors (Lipinski definition) is 3. The molecule has 138 valence electrons. The summed E-state index contributed by atoms with van der Waals surface area (Å²) in [6.45, 7) is 12.2. The quantitative estimate of drug-likeness (QED) is 0.722. The van der Waals surface area contributed by atoms with E-state index in [0.29, 0.717) is 18.4 Å². The Bertz CT molecular complexity index is 507. The van der Waals surface area contributed by atoms with Gasteiger partial charge in [-0.1, -0.05) is 50.0 Å². The molecular weight excluding hydrogens is 310 g/mol. The van der Waals surface area contributed by atoms with Gasteiger partial charge in [-0.15, -0.1) is 0 Å². The summed E-state index contributed by atoms with van der Waals surface area (Å²) in [7, 11) is 0. The summed E-state index contributed by atoms with van der Waals surface area (Å²) in [5.41, 5.74) is 1.19. The smallest absolute Gasteiger partial charge is 0.236 e. The lowest BCUT2D eigenvalue weighted by Gasteiger charge is -2.33. The normalized spacial score (nSPS) is 21.3. The first-order chi connectivity index (χ1) is 12.2. The van der Waals surface area contributed by atoms with Gasteiger partial charge in [0.15, 0.2) is 0 Å². The first-order valence-corrected chi connectivity index (χ1v) is 9.61. The van der Waals surface area contributed by atoms with Crippen molar-refractivity contribution in [3.05, 3.63) is 48.6 Å². The predicted molar refractivity (Wildman–Crippen MR) is 105 cm³/mol. The molecule has 0 radical (unpaired) electrons. The molecule has 0 aromatic rings. The van der Waals surface area contributed by atoms with Crippen LogP contribution in [0, 0.1) is 5.92 Å². The van der Waals surface area contributed by atoms with Crippen LogP contribution in [0.2, 0.25) is 0 Å². The van der Waals surface area contributed by atoms with E-state index in [1.54, 1.807) is 0 Å². The number of piperidine rings is 1. The van der Waals surface area contributed by atoms with Gasteiger partial charge in [-0.2, -0.15) is 0 Å². The van der Waals surface area contributed by atoms with E-state index < -0.39 is 0 Å². The Morgan fingerprint density at radius 3 is 2.52 bits per heavy atom. The zero-order chi connectivity index (χ0) is 17.9. The van der Waals surface area contributed by atoms with Crippen molar-refractivity contribution >= 4 is 5.91 Å². The van der Waals surface area contributed by atoms with Crippen LogP contribution in [0.3, 0.4) is 0 Å². The summed E-state index contributed by atoms with van der Waals surface area (Å²) in [6, 6.07) is 0. The van der Waals surface area contributed by atoms with Gasteiger partial charge in [0.05, 0.1) is 6.54 Å². The second kappa shape index (κ2) is 11.1. The second-order valence-electron chi connectivity index (χ2n) is 6.82. The molecule has 2 saturated heterocycles. The molecule has 25 heavy (non-hydrogen) atoms. The van der Waals surface area contributed by atoms with Crippen molar-refractivity contribution < 1.29 is 4.79 Å². The first-order valence-electron chi connectivity index (χ1n) is 9.61. The minimum absolute atomic E-state index is 0.294. The summed E-state index contributed by atoms with van der Waals surface area (Å²) in [6.07, 6.45) is 15.8. The van der Waals surface area contributed by atoms with E-state index in [1.165, 1.54) is 5.57 Å². The van der Waals surface area contributed by atoms with Gasteiger partial charge in [0.25, 0.3) is 0 Å². The molecule has 4 heteroatoms. The molecule has 0 aromatic heterocycles. The van der Waals surface area contributed by atoms with E-state index in [-0.39, 0.29) is 0 Å². The standard InChI is InChI=1S/C21H33N3O/c1-3-5-7-19(6-4-2)8-9-20-10-14-24(15-11-20)21(25)18-23-16-12-22-13-17-23/h4-9,20,22H,2-3,10-18H2,1H3/b7-5-,9-8+,19-6+. The zero-order valence-corrected chi connectivity index (χ0v) is 15.6. The molecule has 2 aliphatic rings. The molecule has 0 aliphatic carbocycles. The summed E-state index contributed by atoms with van der Waals surface area (Å²) < 4.78 is 0. The molecule has 0 unspecified atom stereocenters. The van der Waals surface area contributed by atoms with Crippen LogP contribution in [0.4, 0.5) is 0 Å². The molecule has 0 saturated carbocycles. The van der Waals surface area contributed by atoms with Crippen molar-refractivity contribution in [2.75, 3.05) is 45.8 Å². The highest BCUT2D eigenvalue weighted by Gasteiger charge is 2.23. The Hall–Kier alpha value is -1.65. The van der Waals surface area contributed by atoms with E-state index in [9.17, 15) is 4.79 Å². The maximum Gasteiger partial charge on any atom is 0.236 e. The molecule has 2 fully saturated rings. The molecule has 2 heterocycles. The van der Waals surface area contributed by atoms with Crippen molar-refractivity contribution in [2.24, 2.45) is 5.92 Å². The van der Waals surface area contributed by atoms with Gasteiger partial charge < -0.3 is 10.2 Å². The van der Waals surface area contributed by atoms with Crippen molar-refractivity contribution in [1.82, 2.24) is 15.1 Å². The summed E-state index contributed by atoms with van der Waals surface area (Å²) in [4.78, 5) is 16.8. The van der Waals surface area contributed by atoms with Crippen molar-refractivity contribution in [3.8, 4) is 0 Å². The van der Waals surface area contributed by atoms with E-state index in [2.05, 4.69) is 48.0 Å². The largest absolute Gasteiger partial charge is 0.342 e. The summed E-state index contributed by atoms with van der Waals surface area (Å²) >= 11 is 0. The molecule has 0 spiro atoms. The lowest BCUT2D eigenvalue weighted by molar-refractivity contribution is -0.133. The minimum atomic E-state index is 0.294. The average Bonchev–Trinajstić information content (AvgIpc) is 2.65. The third-order valence-corrected chi connectivity index (χ3v) is 4.88. The van der Waals surface area contributed by atoms with Gasteiger partial charge in [-0.05, 0) is 30.8 Å². The van der Waals surface area contributed by atoms with E-state index in [4.69, 9.17) is 0 Å². The number of rotatable bonds is 7. The molecule has 1 N–H and O–H groups in total. The molecule has 2 aliphatic heterocycles. The van der Waals surface area contributed by atoms with Crippen LogP contribution in [-0.2, 0) is 4.79 Å². The fourth-order valence-corrected chi connectivity index (χ4v) is 3.31. The number of nitrogens with one attached hydrogen (secondary N) is 1. The zero-order valence-electron chi connectivity index (χ0n) is 15.6. The van der Waals surface area contributed by atoms with Crippen LogP contribution >= 0.6 is 0 Å². The highest BCUT2D eigenvalue weighted by Crippen LogP contribution is 2.19. The van der Waals surface area contributed by atoms with Crippen molar-refractivity contribution in [3.63, 3.8) is 0 Å². The Labute approximate surface area is 152 Å². The average molecular weight is 344 g/mol. The third-order valence-electron chi connectivity index (χ3n) is 4.88. The van der Waals surface area contributed by atoms with E-state index >= 15 is 0 Å². The van der Waals surface area contributed by atoms with Gasteiger partial charge in [0.1, 0.15) is 0 Å². The Kier molecular flexibility index (Phi) is 8.70. The topological polar surface area (TPSA) is 35.6 Å². The molecule has 0 aromatic carbocycles. The van der Waals surface area contributed by atoms with Gasteiger partial charge in [-0.25, -0.2) is 0 Å². The fraction of sp³-hybridized carbons (Fsp3) is 0.571. The van der Waals surface area contributed by atoms with Gasteiger partial charge in [0.2, 0.25) is 5.91 Å². The maximum absolute atomic E-state index is 12.5. The molecule has 2 rings (SSSR count). The minimum Gasteiger partial charge on any atom is -0.342 e. The molecule has 0 atom stereocenters. The highest BCUT2D eigenvalue weighted by molar-refractivity contribution is 5.78. The van der Waals surface area contributed by atoms with Crippen LogP contribution in [0.1, 0.15) is 26.2 Å². The summed E-state index contributed by atoms with van der Waals surface area (Å²) in [5.74, 6) is 0.855. The number of piperazine rings is 1.